The zero-order valence-electron chi connectivity index (χ0n) is 17.8. The van der Waals surface area contributed by atoms with Crippen LogP contribution in [0.15, 0.2) is 32.9 Å². The number of furan rings is 1. The number of oxime groups is 1. The quantitative estimate of drug-likeness (QED) is 0.450. The van der Waals surface area contributed by atoms with Crippen LogP contribution in [-0.4, -0.2) is 25.4 Å². The van der Waals surface area contributed by atoms with Crippen LogP contribution in [0.3, 0.4) is 0 Å². The van der Waals surface area contributed by atoms with Gasteiger partial charge >= 0.3 is 6.03 Å². The van der Waals surface area contributed by atoms with E-state index in [4.69, 9.17) is 9.62 Å². The number of carbonyl (C=O) groups is 1. The summed E-state index contributed by atoms with van der Waals surface area (Å²) in [6.07, 6.45) is 1.64. The molecule has 0 bridgehead atoms. The molecule has 0 spiro atoms. The molecule has 0 saturated heterocycles. The van der Waals surface area contributed by atoms with E-state index in [-0.39, 0.29) is 17.5 Å². The highest BCUT2D eigenvalue weighted by molar-refractivity contribution is 7.89. The van der Waals surface area contributed by atoms with Crippen molar-refractivity contribution in [2.45, 2.75) is 63.9 Å². The molecule has 0 radical (unpaired) electrons. The van der Waals surface area contributed by atoms with Crippen molar-refractivity contribution < 1.29 is 27.2 Å². The van der Waals surface area contributed by atoms with Crippen LogP contribution in [-0.2, 0) is 16.4 Å². The zero-order chi connectivity index (χ0) is 22.9. The molecule has 0 fully saturated rings. The first-order valence-corrected chi connectivity index (χ1v) is 11.5. The summed E-state index contributed by atoms with van der Waals surface area (Å²) in [5, 5.41) is 14.4. The number of aryl methyl sites for hydroxylation is 1. The smallest absolute Gasteiger partial charge is 0.333 e. The fourth-order valence-corrected chi connectivity index (χ4v) is 4.61. The van der Waals surface area contributed by atoms with E-state index >= 15 is 0 Å². The fraction of sp³-hybridized carbons (Fsp3) is 0.429. The summed E-state index contributed by atoms with van der Waals surface area (Å²) in [5.74, 6) is -0.363. The molecule has 1 aliphatic rings. The van der Waals surface area contributed by atoms with E-state index in [9.17, 15) is 17.6 Å². The lowest BCUT2D eigenvalue weighted by molar-refractivity contribution is 0.256. The van der Waals surface area contributed by atoms with Crippen LogP contribution >= 0.6 is 0 Å². The van der Waals surface area contributed by atoms with Gasteiger partial charge in [-0.05, 0) is 36.3 Å². The van der Waals surface area contributed by atoms with Crippen LogP contribution in [0.25, 0.3) is 0 Å². The molecular weight excluding hydrogens is 425 g/mol. The maximum Gasteiger partial charge on any atom is 0.333 e. The summed E-state index contributed by atoms with van der Waals surface area (Å²) in [7, 11) is -4.34. The Morgan fingerprint density at radius 1 is 1.19 bits per heavy atom. The third-order valence-electron chi connectivity index (χ3n) is 5.19. The number of nitrogens with zero attached hydrogens (tertiary/aromatic N) is 1. The minimum absolute atomic E-state index is 0.0296. The van der Waals surface area contributed by atoms with Crippen LogP contribution in [0.5, 0.6) is 0 Å². The Bertz CT molecular complexity index is 1140. The molecule has 0 saturated carbocycles. The van der Waals surface area contributed by atoms with Crippen LogP contribution < -0.4 is 10.0 Å². The maximum atomic E-state index is 14.5. The number of carbonyl (C=O) groups excluding carboxylic acids is 1. The summed E-state index contributed by atoms with van der Waals surface area (Å²) in [4.78, 5) is 12.6. The van der Waals surface area contributed by atoms with Gasteiger partial charge in [-0.2, -0.15) is 8.42 Å². The lowest BCUT2D eigenvalue weighted by Crippen LogP contribution is -2.35. The standard InChI is InChI=1S/C21H26FN3O5S/c1-11(2)13-8-9-15(22)19(12(3)4)20(13)23-21(26)25-31(28,29)18-10-14-16(24-27)6-5-7-17(14)30-18/h8-12,27H,5-7H2,1-4H3,(H2,23,25,26)/b24-16-. The molecule has 8 nitrogen and oxygen atoms in total. The van der Waals surface area contributed by atoms with Crippen LogP contribution in [0, 0.1) is 5.82 Å². The van der Waals surface area contributed by atoms with Gasteiger partial charge in [0, 0.05) is 23.6 Å². The molecule has 0 unspecified atom stereocenters. The van der Waals surface area contributed by atoms with Crippen molar-refractivity contribution in [1.82, 2.24) is 4.72 Å². The van der Waals surface area contributed by atoms with Gasteiger partial charge in [-0.1, -0.05) is 38.9 Å². The zero-order valence-corrected chi connectivity index (χ0v) is 18.6. The SMILES string of the molecule is CC(C)c1ccc(F)c(C(C)C)c1NC(=O)NS(=O)(=O)c1cc2c(o1)CCC/C2=N/O. The highest BCUT2D eigenvalue weighted by Crippen LogP contribution is 2.34. The summed E-state index contributed by atoms with van der Waals surface area (Å²) in [6, 6.07) is 3.13. The number of hydrogen-bond donors (Lipinski definition) is 3. The largest absolute Gasteiger partial charge is 0.447 e. The molecule has 1 aromatic carbocycles. The van der Waals surface area contributed by atoms with Crippen molar-refractivity contribution in [3.8, 4) is 0 Å². The number of benzene rings is 1. The van der Waals surface area contributed by atoms with Gasteiger partial charge in [-0.3, -0.25) is 0 Å². The lowest BCUT2D eigenvalue weighted by atomic mass is 9.92. The summed E-state index contributed by atoms with van der Waals surface area (Å²) < 4.78 is 47.2. The van der Waals surface area contributed by atoms with Crippen LogP contribution in [0.2, 0.25) is 0 Å². The van der Waals surface area contributed by atoms with Crippen molar-refractivity contribution in [2.24, 2.45) is 5.16 Å². The molecule has 168 valence electrons. The van der Waals surface area contributed by atoms with E-state index in [1.54, 1.807) is 19.9 Å². The second kappa shape index (κ2) is 8.70. The molecule has 1 aromatic heterocycles. The summed E-state index contributed by atoms with van der Waals surface area (Å²) in [5.41, 5.74) is 1.99. The van der Waals surface area contributed by atoms with Gasteiger partial charge in [0.25, 0.3) is 10.0 Å². The normalized spacial score (nSPS) is 15.4. The van der Waals surface area contributed by atoms with Crippen LogP contribution in [0.1, 0.15) is 74.8 Å². The molecule has 1 aliphatic carbocycles. The molecule has 0 aliphatic heterocycles. The Balaban J connectivity index is 1.89. The average Bonchev–Trinajstić information content (AvgIpc) is 3.12. The van der Waals surface area contributed by atoms with Gasteiger partial charge in [0.05, 0.1) is 11.4 Å². The number of anilines is 1. The Hall–Kier alpha value is -2.88. The highest BCUT2D eigenvalue weighted by Gasteiger charge is 2.29. The molecule has 2 aromatic rings. The first kappa shape index (κ1) is 22.8. The topological polar surface area (TPSA) is 121 Å². The minimum atomic E-state index is -4.34. The Labute approximate surface area is 180 Å². The third kappa shape index (κ3) is 4.58. The third-order valence-corrected chi connectivity index (χ3v) is 6.37. The Morgan fingerprint density at radius 3 is 2.52 bits per heavy atom. The van der Waals surface area contributed by atoms with E-state index in [1.807, 2.05) is 18.6 Å². The predicted octanol–water partition coefficient (Wildman–Crippen LogP) is 4.69. The highest BCUT2D eigenvalue weighted by atomic mass is 32.2. The molecular formula is C21H26FN3O5S. The van der Waals surface area contributed by atoms with Crippen molar-refractivity contribution in [1.29, 1.82) is 0 Å². The number of amides is 2. The predicted molar refractivity (Wildman–Crippen MR) is 114 cm³/mol. The van der Waals surface area contributed by atoms with Crippen molar-refractivity contribution >= 4 is 27.5 Å². The minimum Gasteiger partial charge on any atom is -0.447 e. The monoisotopic (exact) mass is 451 g/mol. The number of rotatable bonds is 5. The number of urea groups is 1. The molecule has 10 heteroatoms. The molecule has 0 atom stereocenters. The fourth-order valence-electron chi connectivity index (χ4n) is 3.73. The Morgan fingerprint density at radius 2 is 1.90 bits per heavy atom. The maximum absolute atomic E-state index is 14.5. The first-order chi connectivity index (χ1) is 14.5. The number of hydrogen-bond acceptors (Lipinski definition) is 6. The van der Waals surface area contributed by atoms with Gasteiger partial charge in [0.1, 0.15) is 11.6 Å². The number of fused-ring (bicyclic) bond motifs is 1. The van der Waals surface area contributed by atoms with Gasteiger partial charge in [-0.25, -0.2) is 13.9 Å². The van der Waals surface area contributed by atoms with E-state index in [0.717, 1.165) is 0 Å². The molecule has 3 N–H and O–H groups in total. The number of halogens is 1. The van der Waals surface area contributed by atoms with Gasteiger partial charge in [-0.15, -0.1) is 0 Å². The molecule has 3 rings (SSSR count). The van der Waals surface area contributed by atoms with E-state index in [1.165, 1.54) is 12.1 Å². The van der Waals surface area contributed by atoms with Crippen molar-refractivity contribution in [3.63, 3.8) is 0 Å². The summed E-state index contributed by atoms with van der Waals surface area (Å²) >= 11 is 0. The van der Waals surface area contributed by atoms with Gasteiger partial charge in [0.15, 0.2) is 0 Å². The average molecular weight is 452 g/mol. The molecule has 2 amide bonds. The van der Waals surface area contributed by atoms with Crippen molar-refractivity contribution in [3.05, 3.63) is 46.5 Å². The van der Waals surface area contributed by atoms with Gasteiger partial charge < -0.3 is 14.9 Å². The number of nitrogens with one attached hydrogen (secondary N) is 2. The number of sulfonamides is 1. The lowest BCUT2D eigenvalue weighted by Gasteiger charge is -2.21. The van der Waals surface area contributed by atoms with Gasteiger partial charge in [0.2, 0.25) is 5.09 Å². The van der Waals surface area contributed by atoms with E-state index < -0.39 is 27.0 Å². The van der Waals surface area contributed by atoms with E-state index in [0.29, 0.717) is 47.4 Å². The Kier molecular flexibility index (Phi) is 6.40. The second-order valence-corrected chi connectivity index (χ2v) is 9.71. The van der Waals surface area contributed by atoms with Crippen LogP contribution in [0.4, 0.5) is 14.9 Å². The summed E-state index contributed by atoms with van der Waals surface area (Å²) in [6.45, 7) is 7.36. The van der Waals surface area contributed by atoms with Crippen molar-refractivity contribution in [2.75, 3.05) is 5.32 Å². The first-order valence-electron chi connectivity index (χ1n) is 10.0. The second-order valence-electron chi connectivity index (χ2n) is 8.10. The molecule has 31 heavy (non-hydrogen) atoms. The van der Waals surface area contributed by atoms with E-state index in [2.05, 4.69) is 10.5 Å². The molecule has 1 heterocycles.